The monoisotopic (exact) mass is 368 g/mol. The third-order valence-corrected chi connectivity index (χ3v) is 6.21. The molecule has 4 nitrogen and oxygen atoms in total. The molecule has 1 aliphatic rings. The molecule has 146 valence electrons. The van der Waals surface area contributed by atoms with E-state index in [0.29, 0.717) is 0 Å². The van der Waals surface area contributed by atoms with Gasteiger partial charge in [-0.2, -0.15) is 0 Å². The molecule has 0 bridgehead atoms. The summed E-state index contributed by atoms with van der Waals surface area (Å²) in [5.41, 5.74) is 4.97. The molecule has 2 aromatic carbocycles. The van der Waals surface area contributed by atoms with E-state index in [4.69, 9.17) is 0 Å². The lowest BCUT2D eigenvalue weighted by molar-refractivity contribution is -0.760. The summed E-state index contributed by atoms with van der Waals surface area (Å²) in [7, 11) is 8.24. The van der Waals surface area contributed by atoms with Crippen LogP contribution in [0.4, 0.5) is 11.4 Å². The standard InChI is InChI=1S/C23H33N3O/c1-15-21(17-7-11-19(12-8-17)25(3)4)24-22(16(2)23(15)27)18-9-13-20(14-10-18)26(5)6/h7-16,21-24,27H,1-6H3/p+1/t15-,16+,21-,22+,23?. The second kappa shape index (κ2) is 7.91. The number of benzene rings is 2. The minimum absolute atomic E-state index is 0.211. The van der Waals surface area contributed by atoms with Crippen molar-refractivity contribution >= 4 is 11.4 Å². The number of hydrogen-bond acceptors (Lipinski definition) is 3. The Hall–Kier alpha value is -2.04. The lowest BCUT2D eigenvalue weighted by Crippen LogP contribution is -2.92. The molecule has 0 saturated carbocycles. The van der Waals surface area contributed by atoms with Crippen molar-refractivity contribution in [2.75, 3.05) is 38.0 Å². The number of nitrogens with two attached hydrogens (primary N) is 1. The first-order chi connectivity index (χ1) is 12.8. The average Bonchev–Trinajstić information content (AvgIpc) is 2.66. The van der Waals surface area contributed by atoms with Crippen molar-refractivity contribution in [3.05, 3.63) is 59.7 Å². The van der Waals surface area contributed by atoms with E-state index in [9.17, 15) is 5.11 Å². The summed E-state index contributed by atoms with van der Waals surface area (Å²) in [6.45, 7) is 4.35. The van der Waals surface area contributed by atoms with Crippen LogP contribution in [0.2, 0.25) is 0 Å². The summed E-state index contributed by atoms with van der Waals surface area (Å²) < 4.78 is 0. The summed E-state index contributed by atoms with van der Waals surface area (Å²) >= 11 is 0. The summed E-state index contributed by atoms with van der Waals surface area (Å²) in [4.78, 5) is 4.23. The maximum Gasteiger partial charge on any atom is 0.117 e. The van der Waals surface area contributed by atoms with Gasteiger partial charge in [0.15, 0.2) is 0 Å². The first-order valence-corrected chi connectivity index (χ1v) is 9.87. The smallest absolute Gasteiger partial charge is 0.117 e. The van der Waals surface area contributed by atoms with E-state index in [1.54, 1.807) is 0 Å². The number of quaternary nitrogens is 1. The Balaban J connectivity index is 1.87. The van der Waals surface area contributed by atoms with Crippen molar-refractivity contribution in [3.8, 4) is 0 Å². The van der Waals surface area contributed by atoms with E-state index in [0.717, 1.165) is 0 Å². The van der Waals surface area contributed by atoms with Crippen LogP contribution in [0.15, 0.2) is 48.5 Å². The van der Waals surface area contributed by atoms with Crippen molar-refractivity contribution in [1.29, 1.82) is 0 Å². The van der Waals surface area contributed by atoms with Gasteiger partial charge in [0.25, 0.3) is 0 Å². The second-order valence-corrected chi connectivity index (χ2v) is 8.42. The van der Waals surface area contributed by atoms with E-state index in [1.807, 2.05) is 0 Å². The quantitative estimate of drug-likeness (QED) is 0.872. The first kappa shape index (κ1) is 19.7. The maximum absolute atomic E-state index is 11.0. The summed E-state index contributed by atoms with van der Waals surface area (Å²) in [6.07, 6.45) is -0.313. The van der Waals surface area contributed by atoms with E-state index < -0.39 is 0 Å². The summed E-state index contributed by atoms with van der Waals surface area (Å²) in [5, 5.41) is 13.4. The SMILES string of the molecule is C[C@@H]1C(O)[C@H](C)[C@H](c2ccc(N(C)C)cc2)[NH2+][C@@H]1c1ccc(N(C)C)cc1. The number of aliphatic hydroxyl groups excluding tert-OH is 1. The van der Waals surface area contributed by atoms with Gasteiger partial charge in [-0.15, -0.1) is 0 Å². The molecule has 0 radical (unpaired) electrons. The largest absolute Gasteiger partial charge is 0.392 e. The maximum atomic E-state index is 11.0. The highest BCUT2D eigenvalue weighted by molar-refractivity contribution is 5.47. The van der Waals surface area contributed by atoms with Gasteiger partial charge in [0.1, 0.15) is 12.1 Å². The van der Waals surface area contributed by atoms with Crippen molar-refractivity contribution in [1.82, 2.24) is 0 Å². The van der Waals surface area contributed by atoms with Crippen molar-refractivity contribution < 1.29 is 10.4 Å². The average molecular weight is 369 g/mol. The molecule has 5 atom stereocenters. The van der Waals surface area contributed by atoms with E-state index in [1.165, 1.54) is 22.5 Å². The Labute approximate surface area is 163 Å². The van der Waals surface area contributed by atoms with Crippen molar-refractivity contribution in [3.63, 3.8) is 0 Å². The van der Waals surface area contributed by atoms with Crippen LogP contribution in [0.25, 0.3) is 0 Å². The minimum atomic E-state index is -0.313. The molecule has 3 N–H and O–H groups in total. The van der Waals surface area contributed by atoms with E-state index in [2.05, 4.69) is 106 Å². The van der Waals surface area contributed by atoms with Crippen LogP contribution >= 0.6 is 0 Å². The number of nitrogens with zero attached hydrogens (tertiary/aromatic N) is 2. The molecule has 1 aliphatic heterocycles. The van der Waals surface area contributed by atoms with Gasteiger partial charge in [-0.25, -0.2) is 0 Å². The van der Waals surface area contributed by atoms with Crippen molar-refractivity contribution in [2.24, 2.45) is 11.8 Å². The fourth-order valence-corrected chi connectivity index (χ4v) is 4.30. The molecule has 1 fully saturated rings. The van der Waals surface area contributed by atoms with Crippen LogP contribution in [0, 0.1) is 11.8 Å². The summed E-state index contributed by atoms with van der Waals surface area (Å²) in [5.74, 6) is 0.421. The molecular weight excluding hydrogens is 334 g/mol. The molecule has 0 amide bonds. The highest BCUT2D eigenvalue weighted by atomic mass is 16.3. The fraction of sp³-hybridized carbons (Fsp3) is 0.478. The molecule has 1 saturated heterocycles. The van der Waals surface area contributed by atoms with Gasteiger partial charge in [0.2, 0.25) is 0 Å². The highest BCUT2D eigenvalue weighted by Gasteiger charge is 2.43. The molecule has 2 aromatic rings. The Morgan fingerprint density at radius 1 is 0.667 bits per heavy atom. The predicted octanol–water partition coefficient (Wildman–Crippen LogP) is 2.81. The topological polar surface area (TPSA) is 43.3 Å². The molecule has 3 rings (SSSR count). The van der Waals surface area contributed by atoms with Gasteiger partial charge in [0.05, 0.1) is 6.10 Å². The third kappa shape index (κ3) is 3.97. The van der Waals surface area contributed by atoms with Crippen LogP contribution in [0.1, 0.15) is 37.1 Å². The van der Waals surface area contributed by atoms with Gasteiger partial charge in [-0.1, -0.05) is 38.1 Å². The second-order valence-electron chi connectivity index (χ2n) is 8.42. The van der Waals surface area contributed by atoms with E-state index in [-0.39, 0.29) is 30.0 Å². The van der Waals surface area contributed by atoms with Crippen LogP contribution < -0.4 is 15.1 Å². The molecule has 27 heavy (non-hydrogen) atoms. The zero-order chi connectivity index (χ0) is 19.7. The third-order valence-electron chi connectivity index (χ3n) is 6.21. The molecule has 0 spiro atoms. The predicted molar refractivity (Wildman–Crippen MR) is 113 cm³/mol. The Kier molecular flexibility index (Phi) is 5.78. The van der Waals surface area contributed by atoms with Crippen LogP contribution in [-0.4, -0.2) is 39.4 Å². The molecule has 0 aliphatic carbocycles. The first-order valence-electron chi connectivity index (χ1n) is 9.87. The molecular formula is C23H34N3O+. The molecule has 0 aromatic heterocycles. The van der Waals surface area contributed by atoms with Gasteiger partial charge in [0, 0.05) is 62.5 Å². The fourth-order valence-electron chi connectivity index (χ4n) is 4.30. The zero-order valence-electron chi connectivity index (χ0n) is 17.4. The van der Waals surface area contributed by atoms with E-state index >= 15 is 0 Å². The van der Waals surface area contributed by atoms with Crippen molar-refractivity contribution in [2.45, 2.75) is 32.0 Å². The Bertz CT molecular complexity index is 676. The normalized spacial score (nSPS) is 28.0. The van der Waals surface area contributed by atoms with Gasteiger partial charge < -0.3 is 20.2 Å². The lowest BCUT2D eigenvalue weighted by atomic mass is 9.75. The number of rotatable bonds is 4. The van der Waals surface area contributed by atoms with Crippen LogP contribution in [0.5, 0.6) is 0 Å². The number of aliphatic hydroxyl groups is 1. The minimum Gasteiger partial charge on any atom is -0.392 e. The highest BCUT2D eigenvalue weighted by Crippen LogP contribution is 2.36. The zero-order valence-corrected chi connectivity index (χ0v) is 17.4. The Morgan fingerprint density at radius 3 is 1.30 bits per heavy atom. The lowest BCUT2D eigenvalue weighted by Gasteiger charge is -2.41. The van der Waals surface area contributed by atoms with Crippen LogP contribution in [-0.2, 0) is 0 Å². The number of piperidine rings is 1. The molecule has 1 unspecified atom stereocenters. The van der Waals surface area contributed by atoms with Gasteiger partial charge >= 0.3 is 0 Å². The molecule has 1 heterocycles. The van der Waals surface area contributed by atoms with Gasteiger partial charge in [-0.05, 0) is 24.3 Å². The van der Waals surface area contributed by atoms with Crippen LogP contribution in [0.3, 0.4) is 0 Å². The number of hydrogen-bond donors (Lipinski definition) is 2. The number of anilines is 2. The Morgan fingerprint density at radius 2 is 1.00 bits per heavy atom. The molecule has 4 heteroatoms. The van der Waals surface area contributed by atoms with Gasteiger partial charge in [-0.3, -0.25) is 0 Å². The summed E-state index contributed by atoms with van der Waals surface area (Å²) in [6, 6.07) is 18.0.